The van der Waals surface area contributed by atoms with Crippen LogP contribution in [0.15, 0.2) is 55.1 Å². The van der Waals surface area contributed by atoms with Crippen molar-refractivity contribution in [1.29, 1.82) is 0 Å². The van der Waals surface area contributed by atoms with Gasteiger partial charge < -0.3 is 5.32 Å². The van der Waals surface area contributed by atoms with Gasteiger partial charge >= 0.3 is 0 Å². The largest absolute Gasteiger partial charge is 0.388 e. The van der Waals surface area contributed by atoms with Crippen LogP contribution in [0.5, 0.6) is 0 Å². The second-order valence-electron chi connectivity index (χ2n) is 5.19. The molecular formula is C20H23N. The highest BCUT2D eigenvalue weighted by molar-refractivity contribution is 5.90. The zero-order valence-electron chi connectivity index (χ0n) is 13.1. The summed E-state index contributed by atoms with van der Waals surface area (Å²) in [5, 5.41) is 3.26. The van der Waals surface area contributed by atoms with Crippen LogP contribution in [0.2, 0.25) is 0 Å². The van der Waals surface area contributed by atoms with Gasteiger partial charge in [-0.05, 0) is 53.8 Å². The third-order valence-electron chi connectivity index (χ3n) is 3.71. The van der Waals surface area contributed by atoms with Crippen molar-refractivity contribution in [3.63, 3.8) is 0 Å². The Morgan fingerprint density at radius 2 is 1.86 bits per heavy atom. The Hall–Kier alpha value is -2.28. The van der Waals surface area contributed by atoms with Crippen LogP contribution >= 0.6 is 0 Å². The third-order valence-corrected chi connectivity index (χ3v) is 3.71. The zero-order valence-corrected chi connectivity index (χ0v) is 13.1. The van der Waals surface area contributed by atoms with Gasteiger partial charge in [0.15, 0.2) is 0 Å². The molecular weight excluding hydrogens is 254 g/mol. The number of aryl methyl sites for hydroxylation is 2. The fourth-order valence-electron chi connectivity index (χ4n) is 2.35. The van der Waals surface area contributed by atoms with E-state index in [1.807, 2.05) is 13.1 Å². The number of nitrogens with one attached hydrogen (secondary N) is 1. The van der Waals surface area contributed by atoms with E-state index in [-0.39, 0.29) is 0 Å². The number of hydrogen-bond donors (Lipinski definition) is 1. The Labute approximate surface area is 128 Å². The summed E-state index contributed by atoms with van der Waals surface area (Å²) in [6.07, 6.45) is 5.16. The van der Waals surface area contributed by atoms with E-state index < -0.39 is 0 Å². The molecule has 0 amide bonds. The van der Waals surface area contributed by atoms with Gasteiger partial charge in [-0.2, -0.15) is 0 Å². The fraction of sp³-hybridized carbons (Fsp3) is 0.200. The molecule has 1 N–H and O–H groups in total. The molecule has 2 rings (SSSR count). The summed E-state index contributed by atoms with van der Waals surface area (Å²) in [6, 6.07) is 15.1. The van der Waals surface area contributed by atoms with Gasteiger partial charge in [-0.3, -0.25) is 0 Å². The van der Waals surface area contributed by atoms with Gasteiger partial charge in [0, 0.05) is 12.7 Å². The Bertz CT molecular complexity index is 648. The lowest BCUT2D eigenvalue weighted by Gasteiger charge is -2.10. The molecule has 0 aliphatic rings. The van der Waals surface area contributed by atoms with E-state index in [1.54, 1.807) is 0 Å². The lowest BCUT2D eigenvalue weighted by molar-refractivity contribution is 1.14. The second kappa shape index (κ2) is 6.94. The van der Waals surface area contributed by atoms with Gasteiger partial charge in [-0.1, -0.05) is 55.5 Å². The van der Waals surface area contributed by atoms with Gasteiger partial charge in [0.25, 0.3) is 0 Å². The van der Waals surface area contributed by atoms with Crippen molar-refractivity contribution >= 4 is 17.3 Å². The van der Waals surface area contributed by atoms with Crippen molar-refractivity contribution in [3.8, 4) is 0 Å². The van der Waals surface area contributed by atoms with E-state index in [0.29, 0.717) is 0 Å². The average molecular weight is 277 g/mol. The van der Waals surface area contributed by atoms with Crippen LogP contribution in [0.25, 0.3) is 11.6 Å². The molecule has 0 aliphatic carbocycles. The molecule has 1 nitrogen and oxygen atoms in total. The minimum absolute atomic E-state index is 1.04. The highest BCUT2D eigenvalue weighted by Gasteiger charge is 2.03. The fourth-order valence-corrected chi connectivity index (χ4v) is 2.35. The molecule has 0 atom stereocenters. The first kappa shape index (κ1) is 15.1. The van der Waals surface area contributed by atoms with Crippen molar-refractivity contribution in [2.45, 2.75) is 20.3 Å². The summed E-state index contributed by atoms with van der Waals surface area (Å²) in [4.78, 5) is 0. The summed E-state index contributed by atoms with van der Waals surface area (Å²) in [5.74, 6) is 0. The number of hydrogen-bond acceptors (Lipinski definition) is 1. The van der Waals surface area contributed by atoms with Gasteiger partial charge in [-0.25, -0.2) is 0 Å². The highest BCUT2D eigenvalue weighted by Crippen LogP contribution is 2.25. The standard InChI is InChI=1S/C20H23N/c1-5-16-9-12-20(21-4)19(13-16)14-17(6-2)18-10-7-15(3)8-11-18/h6-14,21H,2,5H2,1,3-4H3/b17-14+. The Kier molecular flexibility index (Phi) is 4.99. The first-order valence-corrected chi connectivity index (χ1v) is 7.39. The number of benzene rings is 2. The summed E-state index contributed by atoms with van der Waals surface area (Å²) in [5.41, 5.74) is 7.28. The topological polar surface area (TPSA) is 12.0 Å². The minimum atomic E-state index is 1.04. The monoisotopic (exact) mass is 277 g/mol. The third kappa shape index (κ3) is 3.63. The molecule has 0 saturated carbocycles. The summed E-state index contributed by atoms with van der Waals surface area (Å²) in [7, 11) is 1.96. The first-order chi connectivity index (χ1) is 10.2. The van der Waals surface area contributed by atoms with E-state index in [0.717, 1.165) is 17.7 Å². The van der Waals surface area contributed by atoms with Crippen LogP contribution in [-0.2, 0) is 6.42 Å². The predicted octanol–water partition coefficient (Wildman–Crippen LogP) is 5.33. The summed E-state index contributed by atoms with van der Waals surface area (Å²) in [6.45, 7) is 8.24. The van der Waals surface area contributed by atoms with E-state index in [9.17, 15) is 0 Å². The van der Waals surface area contributed by atoms with Crippen LogP contribution in [0.4, 0.5) is 5.69 Å². The molecule has 0 bridgehead atoms. The van der Waals surface area contributed by atoms with Gasteiger partial charge in [0.1, 0.15) is 0 Å². The lowest BCUT2D eigenvalue weighted by atomic mass is 9.99. The van der Waals surface area contributed by atoms with Crippen LogP contribution < -0.4 is 5.32 Å². The summed E-state index contributed by atoms with van der Waals surface area (Å²) < 4.78 is 0. The summed E-state index contributed by atoms with van der Waals surface area (Å²) >= 11 is 0. The van der Waals surface area contributed by atoms with Crippen LogP contribution in [-0.4, -0.2) is 7.05 Å². The van der Waals surface area contributed by atoms with Crippen molar-refractivity contribution in [2.24, 2.45) is 0 Å². The average Bonchev–Trinajstić information content (AvgIpc) is 2.53. The van der Waals surface area contributed by atoms with Crippen molar-refractivity contribution < 1.29 is 0 Å². The molecule has 2 aromatic carbocycles. The second-order valence-corrected chi connectivity index (χ2v) is 5.19. The molecule has 2 aromatic rings. The quantitative estimate of drug-likeness (QED) is 0.575. The molecule has 1 heteroatoms. The normalized spacial score (nSPS) is 11.3. The van der Waals surface area contributed by atoms with E-state index in [1.165, 1.54) is 22.3 Å². The lowest BCUT2D eigenvalue weighted by Crippen LogP contribution is -1.94. The van der Waals surface area contributed by atoms with Crippen molar-refractivity contribution in [2.75, 3.05) is 12.4 Å². The van der Waals surface area contributed by atoms with Crippen LogP contribution in [0, 0.1) is 6.92 Å². The molecule has 108 valence electrons. The molecule has 0 aliphatic heterocycles. The zero-order chi connectivity index (χ0) is 15.2. The Morgan fingerprint density at radius 1 is 1.14 bits per heavy atom. The van der Waals surface area contributed by atoms with Gasteiger partial charge in [-0.15, -0.1) is 0 Å². The van der Waals surface area contributed by atoms with E-state index in [2.05, 4.69) is 74.3 Å². The van der Waals surface area contributed by atoms with Gasteiger partial charge in [0.05, 0.1) is 0 Å². The highest BCUT2D eigenvalue weighted by atomic mass is 14.8. The maximum absolute atomic E-state index is 3.97. The maximum atomic E-state index is 3.97. The molecule has 0 heterocycles. The van der Waals surface area contributed by atoms with Crippen molar-refractivity contribution in [1.82, 2.24) is 0 Å². The number of anilines is 1. The Balaban J connectivity index is 2.48. The first-order valence-electron chi connectivity index (χ1n) is 7.39. The molecule has 0 unspecified atom stereocenters. The van der Waals surface area contributed by atoms with E-state index in [4.69, 9.17) is 0 Å². The molecule has 21 heavy (non-hydrogen) atoms. The van der Waals surface area contributed by atoms with E-state index >= 15 is 0 Å². The van der Waals surface area contributed by atoms with Crippen LogP contribution in [0.3, 0.4) is 0 Å². The predicted molar refractivity (Wildman–Crippen MR) is 94.6 cm³/mol. The molecule has 0 aromatic heterocycles. The van der Waals surface area contributed by atoms with Gasteiger partial charge in [0.2, 0.25) is 0 Å². The number of rotatable bonds is 5. The molecule has 0 radical (unpaired) electrons. The Morgan fingerprint density at radius 3 is 2.43 bits per heavy atom. The maximum Gasteiger partial charge on any atom is 0.0411 e. The molecule has 0 fully saturated rings. The van der Waals surface area contributed by atoms with Crippen LogP contribution in [0.1, 0.15) is 29.2 Å². The smallest absolute Gasteiger partial charge is 0.0411 e. The molecule has 0 spiro atoms. The van der Waals surface area contributed by atoms with Crippen molar-refractivity contribution in [3.05, 3.63) is 77.4 Å². The SMILES string of the molecule is C=C/C(=C\c1cc(CC)ccc1NC)c1ccc(C)cc1. The minimum Gasteiger partial charge on any atom is -0.388 e. The molecule has 0 saturated heterocycles. The number of allylic oxidation sites excluding steroid dienone is 2.